The van der Waals surface area contributed by atoms with Gasteiger partial charge in [-0.15, -0.1) is 0 Å². The number of nitrogen functional groups attached to an aromatic ring is 1. The molecular formula is C93H141F6N13O5. The molecule has 0 spiro atoms. The van der Waals surface area contributed by atoms with Crippen molar-refractivity contribution in [2.45, 2.75) is 284 Å². The molecule has 8 aliphatic heterocycles. The summed E-state index contributed by atoms with van der Waals surface area (Å²) in [6.45, 7) is 51.4. The fraction of sp³-hybridized carbons (Fsp3) is 0.656. The number of aromatic nitrogens is 4. The van der Waals surface area contributed by atoms with E-state index in [4.69, 9.17) is 15.2 Å². The largest absolute Gasteiger partial charge is 0.394 e. The minimum absolute atomic E-state index is 0.0000751. The van der Waals surface area contributed by atoms with Gasteiger partial charge in [-0.3, -0.25) is 53.8 Å². The van der Waals surface area contributed by atoms with Crippen LogP contribution in [0.5, 0.6) is 0 Å². The highest BCUT2D eigenvalue weighted by atomic mass is 19.1. The third kappa shape index (κ3) is 25.8. The number of anilines is 1. The van der Waals surface area contributed by atoms with Crippen molar-refractivity contribution < 1.29 is 40.9 Å². The van der Waals surface area contributed by atoms with E-state index in [0.717, 1.165) is 204 Å². The molecule has 7 unspecified atom stereocenters. The highest BCUT2D eigenvalue weighted by Crippen LogP contribution is 2.48. The molecule has 24 heteroatoms. The third-order valence-electron chi connectivity index (χ3n) is 24.8. The zero-order valence-corrected chi connectivity index (χ0v) is 73.8. The van der Waals surface area contributed by atoms with Crippen molar-refractivity contribution in [3.63, 3.8) is 0 Å². The number of ether oxygens (including phenoxy) is 2. The lowest BCUT2D eigenvalue weighted by atomic mass is 9.94. The van der Waals surface area contributed by atoms with Gasteiger partial charge in [-0.1, -0.05) is 12.1 Å². The van der Waals surface area contributed by atoms with Crippen LogP contribution in [0.2, 0.25) is 0 Å². The van der Waals surface area contributed by atoms with E-state index >= 15 is 0 Å². The standard InChI is InChI=1S/C20H31FN2O.C19H29FN2O.C15H23FN2O.C14H21FN2O.C13H19FN2O.C12H18FN3/c1-20(2,3)23-7-4-5-19(23)17-13-16(14-18(21)15-17)6-8-22-9-11-24-12-10-22;1-15(2)22-8-3-4-19(22)18-14-17(20)6-5-16(18)7-9-21-10-12-23-13-11-21;1-14(2,3)18-13(5-6-15(18,4)10-19)11-7-12(16)9-17-8-11;1-14(2,3)17-7-5-6-12(17)11-8-10(15)9-16(4)13(11)18;1-13(2,3)16-6-4-5-11(16)10-7-9(14)8-15-12(10)17;1-8(2)16-5-3-4-11(16)10-6-9(13)7-15-12(10)14/h13-15,19H,4-12H2,1-3H3;5-6,14-15,19H,3-4,7-13H2,1-2H3;7-9,13,19H,5-6,10H2,1-4H3;8-9,12H,5-7H2,1-4H3;7-8,11H,4-6H2,1-3H3,(H,15,17);6-8,11H,3-5H2,1-2H3,(H2,14,15). The predicted molar refractivity (Wildman–Crippen MR) is 458 cm³/mol. The summed E-state index contributed by atoms with van der Waals surface area (Å²) in [6, 6.07) is 19.0. The Morgan fingerprint density at radius 2 is 0.983 bits per heavy atom. The van der Waals surface area contributed by atoms with Crippen LogP contribution in [0, 0.1) is 34.9 Å². The maximum absolute atomic E-state index is 14.2. The van der Waals surface area contributed by atoms with E-state index in [1.54, 1.807) is 43.6 Å². The van der Waals surface area contributed by atoms with Crippen LogP contribution in [0.4, 0.5) is 32.2 Å². The molecule has 8 aliphatic rings. The topological polar surface area (TPSA) is 171 Å². The first-order valence-electron chi connectivity index (χ1n) is 43.3. The molecule has 6 aromatic rings. The van der Waals surface area contributed by atoms with Crippen molar-refractivity contribution in [1.82, 2.24) is 58.7 Å². The number of halogens is 6. The van der Waals surface area contributed by atoms with Gasteiger partial charge in [0.2, 0.25) is 0 Å². The maximum Gasteiger partial charge on any atom is 0.255 e. The van der Waals surface area contributed by atoms with Crippen LogP contribution in [0.15, 0.2) is 101 Å². The van der Waals surface area contributed by atoms with Crippen molar-refractivity contribution in [2.24, 2.45) is 7.05 Å². The number of nitrogens with two attached hydrogens (primary N) is 1. The Morgan fingerprint density at radius 3 is 1.52 bits per heavy atom. The zero-order chi connectivity index (χ0) is 85.5. The third-order valence-corrected chi connectivity index (χ3v) is 24.8. The number of benzene rings is 2. The van der Waals surface area contributed by atoms with Crippen LogP contribution < -0.4 is 16.9 Å². The lowest BCUT2D eigenvalue weighted by Crippen LogP contribution is -2.54. The van der Waals surface area contributed by atoms with Crippen molar-refractivity contribution in [3.8, 4) is 0 Å². The van der Waals surface area contributed by atoms with E-state index in [9.17, 15) is 41.0 Å². The van der Waals surface area contributed by atoms with Crippen molar-refractivity contribution in [1.29, 1.82) is 0 Å². The number of aliphatic hydroxyl groups is 1. The lowest BCUT2D eigenvalue weighted by Gasteiger charge is -2.46. The van der Waals surface area contributed by atoms with Gasteiger partial charge in [-0.05, 0) is 317 Å². The average molecular weight is 1640 g/mol. The van der Waals surface area contributed by atoms with Gasteiger partial charge in [0.25, 0.3) is 11.1 Å². The number of nitrogens with one attached hydrogen (secondary N) is 1. The summed E-state index contributed by atoms with van der Waals surface area (Å²) >= 11 is 0. The number of hydrogen-bond acceptors (Lipinski definition) is 16. The normalized spacial score (nSPS) is 23.7. The highest BCUT2D eigenvalue weighted by molar-refractivity contribution is 5.42. The number of nitrogens with zero attached hydrogens (tertiary/aromatic N) is 11. The number of likely N-dealkylation sites (tertiary alicyclic amines) is 6. The number of rotatable bonds is 15. The van der Waals surface area contributed by atoms with Crippen molar-refractivity contribution >= 4 is 5.82 Å². The van der Waals surface area contributed by atoms with Crippen LogP contribution in [-0.4, -0.2) is 209 Å². The molecule has 0 radical (unpaired) electrons. The Balaban J connectivity index is 0.000000161. The second-order valence-corrected chi connectivity index (χ2v) is 38.1. The Bertz CT molecular complexity index is 4240. The molecule has 2 aromatic carbocycles. The predicted octanol–water partition coefficient (Wildman–Crippen LogP) is 17.0. The zero-order valence-electron chi connectivity index (χ0n) is 73.8. The first-order valence-corrected chi connectivity index (χ1v) is 43.3. The molecule has 14 rings (SSSR count). The number of hydrogen-bond donors (Lipinski definition) is 3. The molecule has 4 N–H and O–H groups in total. The first-order chi connectivity index (χ1) is 55.1. The van der Waals surface area contributed by atoms with Crippen LogP contribution in [0.3, 0.4) is 0 Å². The molecule has 0 amide bonds. The minimum Gasteiger partial charge on any atom is -0.394 e. The van der Waals surface area contributed by atoms with Gasteiger partial charge in [0, 0.05) is 158 Å². The number of aromatic amines is 1. The summed E-state index contributed by atoms with van der Waals surface area (Å²) in [6.07, 6.45) is 21.0. The van der Waals surface area contributed by atoms with E-state index in [-0.39, 0.29) is 104 Å². The number of morpholine rings is 2. The summed E-state index contributed by atoms with van der Waals surface area (Å²) in [5.41, 5.74) is 13.0. The minimum atomic E-state index is -0.375. The number of aliphatic hydroxyl groups excluding tert-OH is 1. The highest BCUT2D eigenvalue weighted by Gasteiger charge is 2.48. The quantitative estimate of drug-likeness (QED) is 0.0829. The van der Waals surface area contributed by atoms with Gasteiger partial charge in [-0.2, -0.15) is 0 Å². The molecular weight excluding hydrogens is 1490 g/mol. The van der Waals surface area contributed by atoms with E-state index in [0.29, 0.717) is 41.1 Å². The van der Waals surface area contributed by atoms with E-state index in [1.165, 1.54) is 65.3 Å². The second kappa shape index (κ2) is 41.9. The van der Waals surface area contributed by atoms with E-state index in [2.05, 4.69) is 178 Å². The SMILES string of the molecule is CC(C)(C)N1C(c2cncc(F)c2)CCC1(C)CO.CC(C)(C)N1CCCC1c1cc(F)c[nH]c1=O.CC(C)(C)N1CCCC1c1cc(F)cc(CCN2CCOCC2)c1.CC(C)N1CCCC1c1cc(F)ccc1CCN1CCOCC1.CC(C)N1CCCC1c1cc(F)cnc1N.Cn1cc(F)cc(C2CCCN2C(C)(C)C)c1=O. The molecule has 18 nitrogen and oxygen atoms in total. The van der Waals surface area contributed by atoms with Crippen LogP contribution in [-0.2, 0) is 29.4 Å². The molecule has 0 bridgehead atoms. The van der Waals surface area contributed by atoms with Gasteiger partial charge in [0.05, 0.1) is 45.4 Å². The summed E-state index contributed by atoms with van der Waals surface area (Å²) < 4.78 is 93.6. The average Bonchev–Trinajstić information content (AvgIpc) is 1.62. The Hall–Kier alpha value is -6.42. The Morgan fingerprint density at radius 1 is 0.504 bits per heavy atom. The van der Waals surface area contributed by atoms with Crippen molar-refractivity contribution in [2.75, 3.05) is 111 Å². The fourth-order valence-corrected chi connectivity index (χ4v) is 19.3. The van der Waals surface area contributed by atoms with Gasteiger partial charge in [0.1, 0.15) is 40.7 Å². The van der Waals surface area contributed by atoms with Gasteiger partial charge in [0.15, 0.2) is 0 Å². The van der Waals surface area contributed by atoms with E-state index in [1.807, 2.05) is 6.07 Å². The van der Waals surface area contributed by atoms with Crippen LogP contribution in [0.1, 0.15) is 276 Å². The molecule has 650 valence electrons. The van der Waals surface area contributed by atoms with Gasteiger partial charge in [-0.25, -0.2) is 31.3 Å². The fourth-order valence-electron chi connectivity index (χ4n) is 19.3. The molecule has 7 atom stereocenters. The molecule has 8 saturated heterocycles. The second-order valence-electron chi connectivity index (χ2n) is 38.1. The van der Waals surface area contributed by atoms with E-state index < -0.39 is 0 Å². The summed E-state index contributed by atoms with van der Waals surface area (Å²) in [5.74, 6) is -1.06. The summed E-state index contributed by atoms with van der Waals surface area (Å²) in [7, 11) is 1.60. The summed E-state index contributed by atoms with van der Waals surface area (Å²) in [4.78, 5) is 53.4. The van der Waals surface area contributed by atoms with Crippen LogP contribution in [0.25, 0.3) is 0 Å². The monoisotopic (exact) mass is 1630 g/mol. The molecule has 4 aromatic heterocycles. The Labute approximate surface area is 695 Å². The van der Waals surface area contributed by atoms with Gasteiger partial charge < -0.3 is 29.9 Å². The van der Waals surface area contributed by atoms with Crippen LogP contribution >= 0.6 is 0 Å². The molecule has 12 heterocycles. The molecule has 117 heavy (non-hydrogen) atoms. The first kappa shape index (κ1) is 94.4. The van der Waals surface area contributed by atoms with Gasteiger partial charge >= 0.3 is 0 Å². The molecule has 0 saturated carbocycles. The molecule has 0 aliphatic carbocycles. The smallest absolute Gasteiger partial charge is 0.255 e. The number of pyridine rings is 4. The van der Waals surface area contributed by atoms with Crippen molar-refractivity contribution in [3.05, 3.63) is 192 Å². The molecule has 8 fully saturated rings. The number of aryl methyl sites for hydroxylation is 1. The Kier molecular flexibility index (Phi) is 33.8. The number of H-pyrrole nitrogens is 1. The summed E-state index contributed by atoms with van der Waals surface area (Å²) in [5, 5.41) is 9.75. The maximum atomic E-state index is 14.2. The lowest BCUT2D eigenvalue weighted by molar-refractivity contribution is -0.0139.